The molecule has 0 spiro atoms. The summed E-state index contributed by atoms with van der Waals surface area (Å²) in [5.41, 5.74) is 0. The van der Waals surface area contributed by atoms with E-state index in [1.54, 1.807) is 0 Å². The first-order valence-electron chi connectivity index (χ1n) is 5.73. The van der Waals surface area contributed by atoms with Crippen LogP contribution >= 0.6 is 0 Å². The molecule has 0 aromatic heterocycles. The van der Waals surface area contributed by atoms with E-state index >= 15 is 0 Å². The lowest BCUT2D eigenvalue weighted by atomic mass is 10.1. The van der Waals surface area contributed by atoms with Gasteiger partial charge in [-0.3, -0.25) is 4.90 Å². The van der Waals surface area contributed by atoms with Gasteiger partial charge >= 0.3 is 0 Å². The Morgan fingerprint density at radius 1 is 1.53 bits per heavy atom. The molecule has 0 aromatic carbocycles. The number of nitrogens with one attached hydrogen (secondary N) is 1. The summed E-state index contributed by atoms with van der Waals surface area (Å²) in [6, 6.07) is 2.84. The molecule has 1 saturated heterocycles. The molecule has 4 nitrogen and oxygen atoms in total. The molecule has 1 fully saturated rings. The van der Waals surface area contributed by atoms with Crippen LogP contribution < -0.4 is 5.32 Å². The van der Waals surface area contributed by atoms with Crippen molar-refractivity contribution in [3.05, 3.63) is 0 Å². The Bertz CT molecular complexity index is 223. The van der Waals surface area contributed by atoms with Gasteiger partial charge in [-0.25, -0.2) is 0 Å². The fourth-order valence-electron chi connectivity index (χ4n) is 2.08. The topological polar surface area (TPSA) is 42.3 Å². The quantitative estimate of drug-likeness (QED) is 0.716. The second-order valence-corrected chi connectivity index (χ2v) is 4.35. The van der Waals surface area contributed by atoms with Crippen molar-refractivity contribution in [2.75, 3.05) is 39.8 Å². The van der Waals surface area contributed by atoms with E-state index in [-0.39, 0.29) is 6.04 Å². The first kappa shape index (κ1) is 12.4. The molecule has 0 amide bonds. The Hall–Kier alpha value is -0.630. The maximum absolute atomic E-state index is 8.98. The minimum Gasteiger partial charge on any atom is -0.304 e. The van der Waals surface area contributed by atoms with Crippen molar-refractivity contribution in [1.82, 2.24) is 15.1 Å². The van der Waals surface area contributed by atoms with E-state index in [1.807, 2.05) is 6.92 Å². The minimum absolute atomic E-state index is 0.0270. The summed E-state index contributed by atoms with van der Waals surface area (Å²) in [7, 11) is 2.15. The highest BCUT2D eigenvalue weighted by atomic mass is 15.3. The molecule has 1 heterocycles. The third kappa shape index (κ3) is 3.78. The van der Waals surface area contributed by atoms with Crippen LogP contribution in [0.2, 0.25) is 0 Å². The van der Waals surface area contributed by atoms with Gasteiger partial charge in [-0.15, -0.1) is 0 Å². The van der Waals surface area contributed by atoms with Crippen LogP contribution in [0.3, 0.4) is 0 Å². The highest BCUT2D eigenvalue weighted by molar-refractivity contribution is 4.93. The van der Waals surface area contributed by atoms with E-state index in [2.05, 4.69) is 35.2 Å². The smallest absolute Gasteiger partial charge is 0.108 e. The molecule has 0 radical (unpaired) electrons. The highest BCUT2D eigenvalue weighted by Gasteiger charge is 2.23. The first-order chi connectivity index (χ1) is 7.17. The lowest BCUT2D eigenvalue weighted by molar-refractivity contribution is 0.0958. The Balaban J connectivity index is 2.40. The zero-order chi connectivity index (χ0) is 11.3. The normalized spacial score (nSPS) is 26.1. The van der Waals surface area contributed by atoms with Gasteiger partial charge in [-0.1, -0.05) is 6.92 Å². The molecule has 15 heavy (non-hydrogen) atoms. The van der Waals surface area contributed by atoms with Crippen LogP contribution in [-0.2, 0) is 0 Å². The van der Waals surface area contributed by atoms with Crippen LogP contribution in [0.1, 0.15) is 13.8 Å². The average molecular weight is 210 g/mol. The van der Waals surface area contributed by atoms with Crippen LogP contribution in [0.5, 0.6) is 0 Å². The predicted octanol–water partition coefficient (Wildman–Crippen LogP) is 0.124. The molecule has 1 aliphatic rings. The molecule has 0 aliphatic carbocycles. The third-order valence-corrected chi connectivity index (χ3v) is 2.99. The van der Waals surface area contributed by atoms with Gasteiger partial charge in [0, 0.05) is 32.2 Å². The third-order valence-electron chi connectivity index (χ3n) is 2.99. The first-order valence-corrected chi connectivity index (χ1v) is 5.73. The number of hydrogen-bond acceptors (Lipinski definition) is 4. The summed E-state index contributed by atoms with van der Waals surface area (Å²) >= 11 is 0. The number of likely N-dealkylation sites (N-methyl/N-ethyl adjacent to an activating group) is 2. The van der Waals surface area contributed by atoms with Crippen molar-refractivity contribution >= 4 is 0 Å². The van der Waals surface area contributed by atoms with Gasteiger partial charge in [0.1, 0.15) is 6.04 Å². The van der Waals surface area contributed by atoms with Crippen molar-refractivity contribution in [2.45, 2.75) is 25.9 Å². The van der Waals surface area contributed by atoms with Crippen LogP contribution in [0.25, 0.3) is 0 Å². The largest absolute Gasteiger partial charge is 0.304 e. The maximum atomic E-state index is 8.98. The summed E-state index contributed by atoms with van der Waals surface area (Å²) in [5.74, 6) is 0. The standard InChI is InChI=1S/C11H22N4/c1-4-13-11(7-12)9-15-6-5-14(3)8-10(15)2/h10-11,13H,4-6,8-9H2,1-3H3. The molecule has 0 bridgehead atoms. The summed E-state index contributed by atoms with van der Waals surface area (Å²) in [5, 5.41) is 12.2. The predicted molar refractivity (Wildman–Crippen MR) is 61.6 cm³/mol. The zero-order valence-electron chi connectivity index (χ0n) is 10.0. The van der Waals surface area contributed by atoms with Gasteiger partial charge < -0.3 is 10.2 Å². The fraction of sp³-hybridized carbons (Fsp3) is 0.909. The second kappa shape index (κ2) is 6.06. The number of hydrogen-bond donors (Lipinski definition) is 1. The van der Waals surface area contributed by atoms with E-state index in [0.717, 1.165) is 32.7 Å². The molecular weight excluding hydrogens is 188 g/mol. The highest BCUT2D eigenvalue weighted by Crippen LogP contribution is 2.08. The van der Waals surface area contributed by atoms with E-state index in [0.29, 0.717) is 6.04 Å². The Labute approximate surface area is 92.8 Å². The molecule has 0 aromatic rings. The summed E-state index contributed by atoms with van der Waals surface area (Å²) in [6.45, 7) is 9.26. The van der Waals surface area contributed by atoms with E-state index in [1.165, 1.54) is 0 Å². The van der Waals surface area contributed by atoms with Crippen molar-refractivity contribution in [2.24, 2.45) is 0 Å². The molecular formula is C11H22N4. The zero-order valence-corrected chi connectivity index (χ0v) is 10.0. The Morgan fingerprint density at radius 3 is 2.80 bits per heavy atom. The van der Waals surface area contributed by atoms with Crippen LogP contribution in [0, 0.1) is 11.3 Å². The lowest BCUT2D eigenvalue weighted by Crippen LogP contribution is -2.53. The molecule has 2 unspecified atom stereocenters. The van der Waals surface area contributed by atoms with E-state index in [9.17, 15) is 0 Å². The SMILES string of the molecule is CCNC(C#N)CN1CCN(C)CC1C. The molecule has 4 heteroatoms. The van der Waals surface area contributed by atoms with Crippen molar-refractivity contribution in [3.63, 3.8) is 0 Å². The molecule has 1 rings (SSSR count). The van der Waals surface area contributed by atoms with Crippen LogP contribution in [0.4, 0.5) is 0 Å². The van der Waals surface area contributed by atoms with Gasteiger partial charge in [-0.2, -0.15) is 5.26 Å². The molecule has 1 aliphatic heterocycles. The summed E-state index contributed by atoms with van der Waals surface area (Å²) in [4.78, 5) is 4.74. The molecule has 86 valence electrons. The minimum atomic E-state index is -0.0270. The Kier molecular flexibility index (Phi) is 5.03. The summed E-state index contributed by atoms with van der Waals surface area (Å²) < 4.78 is 0. The number of nitriles is 1. The Morgan fingerprint density at radius 2 is 2.27 bits per heavy atom. The van der Waals surface area contributed by atoms with Gasteiger partial charge in [-0.05, 0) is 20.5 Å². The van der Waals surface area contributed by atoms with Crippen LogP contribution in [0.15, 0.2) is 0 Å². The van der Waals surface area contributed by atoms with Crippen molar-refractivity contribution in [1.29, 1.82) is 5.26 Å². The average Bonchev–Trinajstić information content (AvgIpc) is 2.21. The molecule has 1 N–H and O–H groups in total. The van der Waals surface area contributed by atoms with Crippen molar-refractivity contribution in [3.8, 4) is 6.07 Å². The van der Waals surface area contributed by atoms with Gasteiger partial charge in [0.2, 0.25) is 0 Å². The fourth-order valence-corrected chi connectivity index (χ4v) is 2.08. The molecule has 2 atom stereocenters. The second-order valence-electron chi connectivity index (χ2n) is 4.35. The van der Waals surface area contributed by atoms with Gasteiger partial charge in [0.25, 0.3) is 0 Å². The van der Waals surface area contributed by atoms with Crippen molar-refractivity contribution < 1.29 is 0 Å². The number of nitrogens with zero attached hydrogens (tertiary/aromatic N) is 3. The lowest BCUT2D eigenvalue weighted by Gasteiger charge is -2.39. The van der Waals surface area contributed by atoms with E-state index < -0.39 is 0 Å². The van der Waals surface area contributed by atoms with Gasteiger partial charge in [0.15, 0.2) is 0 Å². The maximum Gasteiger partial charge on any atom is 0.108 e. The molecule has 0 saturated carbocycles. The number of piperazine rings is 1. The van der Waals surface area contributed by atoms with E-state index in [4.69, 9.17) is 5.26 Å². The monoisotopic (exact) mass is 210 g/mol. The summed E-state index contributed by atoms with van der Waals surface area (Å²) in [6.07, 6.45) is 0. The van der Waals surface area contributed by atoms with Crippen LogP contribution in [-0.4, -0.2) is 61.7 Å². The van der Waals surface area contributed by atoms with Gasteiger partial charge in [0.05, 0.1) is 6.07 Å². The number of rotatable bonds is 4.